The van der Waals surface area contributed by atoms with Crippen molar-refractivity contribution in [2.45, 2.75) is 61.0 Å². The van der Waals surface area contributed by atoms with E-state index in [1.807, 2.05) is 65.0 Å². The molecule has 39 heavy (non-hydrogen) atoms. The molecule has 7 heteroatoms. The molecule has 0 unspecified atom stereocenters. The predicted molar refractivity (Wildman–Crippen MR) is 152 cm³/mol. The number of carboxylic acids is 1. The topological polar surface area (TPSA) is 104 Å². The summed E-state index contributed by atoms with van der Waals surface area (Å²) in [5, 5.41) is 27.8. The number of esters is 1. The number of aliphatic carboxylic acids is 1. The second-order valence-corrected chi connectivity index (χ2v) is 9.76. The van der Waals surface area contributed by atoms with Crippen molar-refractivity contribution in [2.24, 2.45) is 11.8 Å². The van der Waals surface area contributed by atoms with Gasteiger partial charge in [-0.05, 0) is 104 Å². The molecule has 0 amide bonds. The highest BCUT2D eigenvalue weighted by Gasteiger charge is 2.18. The largest absolute Gasteiger partial charge is 0.508 e. The number of aryl methyl sites for hydroxylation is 4. The van der Waals surface area contributed by atoms with Crippen LogP contribution in [-0.2, 0) is 33.8 Å². The van der Waals surface area contributed by atoms with Crippen LogP contribution in [0, 0.1) is 39.5 Å². The van der Waals surface area contributed by atoms with Crippen molar-refractivity contribution in [2.75, 3.05) is 7.15 Å². The number of carbonyl (C=O) groups excluding carboxylic acids is 1. The Morgan fingerprint density at radius 1 is 0.821 bits per heavy atom. The van der Waals surface area contributed by atoms with E-state index in [1.165, 1.54) is 0 Å². The molecule has 3 N–H and O–H groups in total. The summed E-state index contributed by atoms with van der Waals surface area (Å²) in [5.74, 6) is -1.11. The fourth-order valence-corrected chi connectivity index (χ4v) is 4.24. The third kappa shape index (κ3) is 10.8. The molecule has 0 heterocycles. The molecule has 3 aromatic rings. The van der Waals surface area contributed by atoms with Crippen molar-refractivity contribution in [3.63, 3.8) is 0 Å². The van der Waals surface area contributed by atoms with E-state index in [-0.39, 0.29) is 23.4 Å². The zero-order valence-electron chi connectivity index (χ0n) is 24.6. The Balaban J connectivity index is 0.000000386. The van der Waals surface area contributed by atoms with E-state index in [9.17, 15) is 24.2 Å². The lowest BCUT2D eigenvalue weighted by atomic mass is 9.93. The molecule has 0 radical (unpaired) electrons. The van der Waals surface area contributed by atoms with Crippen molar-refractivity contribution >= 4 is 11.9 Å². The molecule has 0 aliphatic heterocycles. The molecule has 0 saturated carbocycles. The van der Waals surface area contributed by atoms with Gasteiger partial charge in [0.05, 0.1) is 20.4 Å². The average molecular weight is 542 g/mol. The molecular weight excluding hydrogens is 499 g/mol. The Labute approximate surface area is 232 Å². The lowest BCUT2D eigenvalue weighted by Crippen LogP contribution is -2.18. The Morgan fingerprint density at radius 3 is 1.59 bits per heavy atom. The van der Waals surface area contributed by atoms with Crippen LogP contribution in [0.2, 0.25) is 0 Å². The summed E-state index contributed by atoms with van der Waals surface area (Å²) in [6.45, 7) is 11.5. The Kier molecular flexibility index (Phi) is 13.0. The number of rotatable bonds is 8. The first kappa shape index (κ1) is 31.3. The molecule has 2 atom stereocenters. The summed E-state index contributed by atoms with van der Waals surface area (Å²) in [6, 6.07) is 16.4. The van der Waals surface area contributed by atoms with Gasteiger partial charge in [0, 0.05) is 0 Å². The number of hydrogen-bond acceptors (Lipinski definition) is 5. The molecule has 0 aromatic heterocycles. The van der Waals surface area contributed by atoms with Gasteiger partial charge in [0.25, 0.3) is 0 Å². The van der Waals surface area contributed by atoms with E-state index in [4.69, 9.17) is 11.2 Å². The summed E-state index contributed by atoms with van der Waals surface area (Å²) in [6.07, 6.45) is 1.12. The number of carbonyl (C=O) groups is 2. The second-order valence-electron chi connectivity index (χ2n) is 9.76. The molecule has 0 aliphatic rings. The number of carboxylic acid groups (broad SMARTS) is 1. The summed E-state index contributed by atoms with van der Waals surface area (Å²) >= 11 is 0. The monoisotopic (exact) mass is 541 g/mol. The maximum absolute atomic E-state index is 12.1. The van der Waals surface area contributed by atoms with Crippen LogP contribution < -0.4 is 0 Å². The van der Waals surface area contributed by atoms with Crippen LogP contribution >= 0.6 is 0 Å². The number of benzene rings is 3. The average Bonchev–Trinajstić information content (AvgIpc) is 2.88. The van der Waals surface area contributed by atoms with E-state index in [1.54, 1.807) is 31.2 Å². The maximum atomic E-state index is 12.1. The number of phenolic OH excluding ortho intramolecular Hbond substituents is 2. The first-order chi connectivity index (χ1) is 18.8. The lowest BCUT2D eigenvalue weighted by Gasteiger charge is -2.15. The number of phenols is 2. The molecule has 3 aromatic carbocycles. The van der Waals surface area contributed by atoms with Crippen LogP contribution in [0.1, 0.15) is 54.2 Å². The van der Waals surface area contributed by atoms with E-state index in [0.29, 0.717) is 19.4 Å². The fourth-order valence-electron chi connectivity index (χ4n) is 4.24. The van der Waals surface area contributed by atoms with Crippen LogP contribution in [0.15, 0.2) is 54.6 Å². The lowest BCUT2D eigenvalue weighted by molar-refractivity contribution is -0.149. The van der Waals surface area contributed by atoms with Gasteiger partial charge in [-0.3, -0.25) is 14.0 Å². The molecule has 212 valence electrons. The van der Waals surface area contributed by atoms with Crippen LogP contribution in [0.5, 0.6) is 11.5 Å². The van der Waals surface area contributed by atoms with Gasteiger partial charge in [0.1, 0.15) is 18.1 Å². The minimum absolute atomic E-state index is 0.198. The van der Waals surface area contributed by atoms with E-state index in [2.05, 4.69) is 0 Å². The standard InChI is InChI=1S/C19H22O3.C12H16O3.CH3F/c1-13-9-17(20)10-14(2)18(13)11-15(3)19(21)22-12-16-7-5-4-6-8-16;1-7-4-10(13)5-8(2)11(7)6-9(3)12(14)15;1-2/h4-10,15,20H,11-12H2,1-3H3;4-5,9,13H,6H2,1-3H3,(H,14,15);1H3/t15-;9-;/m00./s1/i;;1D. The predicted octanol–water partition coefficient (Wildman–Crippen LogP) is 6.79. The third-order valence-electron chi connectivity index (χ3n) is 6.43. The van der Waals surface area contributed by atoms with Gasteiger partial charge in [-0.15, -0.1) is 0 Å². The molecule has 0 saturated heterocycles. The van der Waals surface area contributed by atoms with Gasteiger partial charge in [0.2, 0.25) is 0 Å². The van der Waals surface area contributed by atoms with Crippen molar-refractivity contribution in [1.29, 1.82) is 0 Å². The van der Waals surface area contributed by atoms with Crippen molar-refractivity contribution in [3.8, 4) is 11.5 Å². The summed E-state index contributed by atoms with van der Waals surface area (Å²) in [7, 11) is -1.00. The van der Waals surface area contributed by atoms with Crippen molar-refractivity contribution in [1.82, 2.24) is 0 Å². The van der Waals surface area contributed by atoms with Crippen molar-refractivity contribution < 1.29 is 35.4 Å². The minimum atomic E-state index is -1.00. The first-order valence-electron chi connectivity index (χ1n) is 13.4. The molecule has 6 nitrogen and oxygen atoms in total. The van der Waals surface area contributed by atoms with E-state index >= 15 is 0 Å². The Bertz CT molecular complexity index is 1200. The quantitative estimate of drug-likeness (QED) is 0.271. The molecule has 0 aliphatic carbocycles. The summed E-state index contributed by atoms with van der Waals surface area (Å²) in [5.41, 5.74) is 6.99. The van der Waals surface area contributed by atoms with Crippen LogP contribution in [0.25, 0.3) is 0 Å². The Hall–Kier alpha value is -3.87. The van der Waals surface area contributed by atoms with Gasteiger partial charge in [-0.1, -0.05) is 44.2 Å². The number of aromatic hydroxyl groups is 2. The highest BCUT2D eigenvalue weighted by molar-refractivity contribution is 5.72. The zero-order valence-corrected chi connectivity index (χ0v) is 23.6. The van der Waals surface area contributed by atoms with E-state index < -0.39 is 19.0 Å². The molecule has 0 spiro atoms. The summed E-state index contributed by atoms with van der Waals surface area (Å²) < 4.78 is 20.9. The van der Waals surface area contributed by atoms with Crippen LogP contribution in [0.3, 0.4) is 0 Å². The third-order valence-corrected chi connectivity index (χ3v) is 6.43. The number of hydrogen-bond donors (Lipinski definition) is 3. The smallest absolute Gasteiger partial charge is 0.309 e. The number of halogens is 1. The molecule has 3 rings (SSSR count). The highest BCUT2D eigenvalue weighted by Crippen LogP contribution is 2.24. The maximum Gasteiger partial charge on any atom is 0.309 e. The number of ether oxygens (including phenoxy) is 1. The normalized spacial score (nSPS) is 12.0. The van der Waals surface area contributed by atoms with Gasteiger partial charge in [0.15, 0.2) is 0 Å². The first-order valence-corrected chi connectivity index (χ1v) is 12.7. The van der Waals surface area contributed by atoms with Gasteiger partial charge < -0.3 is 20.1 Å². The Morgan fingerprint density at radius 2 is 1.21 bits per heavy atom. The van der Waals surface area contributed by atoms with Gasteiger partial charge >= 0.3 is 11.9 Å². The molecule has 0 fully saturated rings. The molecular formula is C32H41FO6. The fraction of sp³-hybridized carbons (Fsp3) is 0.375. The minimum Gasteiger partial charge on any atom is -0.508 e. The van der Waals surface area contributed by atoms with Crippen LogP contribution in [-0.4, -0.2) is 34.4 Å². The van der Waals surface area contributed by atoms with Gasteiger partial charge in [-0.2, -0.15) is 0 Å². The summed E-state index contributed by atoms with van der Waals surface area (Å²) in [4.78, 5) is 22.9. The van der Waals surface area contributed by atoms with E-state index in [0.717, 1.165) is 38.9 Å². The second kappa shape index (κ2) is 16.2. The number of alkyl halides is 1. The SMILES string of the molecule is Cc1cc(O)cc(C)c1C[C@H](C)C(=O)O.Cc1cc(O)cc(C)c1C[C@H](C)C(=O)OCc1ccccc1.[2H]CF. The van der Waals surface area contributed by atoms with Gasteiger partial charge in [-0.25, -0.2) is 0 Å². The zero-order chi connectivity index (χ0) is 30.4. The van der Waals surface area contributed by atoms with Crippen LogP contribution in [0.4, 0.5) is 4.39 Å². The van der Waals surface area contributed by atoms with Crippen molar-refractivity contribution in [3.05, 3.63) is 93.5 Å². The highest BCUT2D eigenvalue weighted by atomic mass is 19.1. The molecule has 0 bridgehead atoms.